The minimum atomic E-state index is 0.715. The van der Waals surface area contributed by atoms with Gasteiger partial charge in [0.15, 0.2) is 0 Å². The van der Waals surface area contributed by atoms with Crippen molar-refractivity contribution in [1.29, 1.82) is 0 Å². The quantitative estimate of drug-likeness (QED) is 0.602. The van der Waals surface area contributed by atoms with Crippen molar-refractivity contribution in [3.8, 4) is 0 Å². The molecule has 0 aromatic rings. The summed E-state index contributed by atoms with van der Waals surface area (Å²) in [7, 11) is 0. The first-order valence-electron chi connectivity index (χ1n) is 5.48. The standard InChI is InChI=1S/C10H12N2O.C2H6/c13-8-12-5-3-9-2-1-4-11-6-10(9)7-12;1-2/h1-2,6,8H,3-5,7H2;1-2H3. The van der Waals surface area contributed by atoms with Gasteiger partial charge in [-0.1, -0.05) is 26.0 Å². The summed E-state index contributed by atoms with van der Waals surface area (Å²) in [6, 6.07) is 0. The summed E-state index contributed by atoms with van der Waals surface area (Å²) in [5.41, 5.74) is 2.52. The van der Waals surface area contributed by atoms with Crippen molar-refractivity contribution >= 4 is 12.6 Å². The van der Waals surface area contributed by atoms with Gasteiger partial charge < -0.3 is 4.90 Å². The Bertz CT molecular complexity index is 303. The molecule has 0 saturated carbocycles. The van der Waals surface area contributed by atoms with Gasteiger partial charge in [-0.3, -0.25) is 9.79 Å². The van der Waals surface area contributed by atoms with E-state index in [2.05, 4.69) is 17.1 Å². The molecule has 0 bridgehead atoms. The normalized spacial score (nSPS) is 18.9. The summed E-state index contributed by atoms with van der Waals surface area (Å²) in [5.74, 6) is 0. The van der Waals surface area contributed by atoms with Crippen LogP contribution in [0.25, 0.3) is 0 Å². The Morgan fingerprint density at radius 2 is 2.20 bits per heavy atom. The molecule has 1 amide bonds. The van der Waals surface area contributed by atoms with Crippen molar-refractivity contribution in [3.63, 3.8) is 0 Å². The molecule has 0 spiro atoms. The van der Waals surface area contributed by atoms with E-state index >= 15 is 0 Å². The van der Waals surface area contributed by atoms with Crippen LogP contribution < -0.4 is 0 Å². The number of nitrogens with zero attached hydrogens (tertiary/aromatic N) is 2. The van der Waals surface area contributed by atoms with E-state index < -0.39 is 0 Å². The molecule has 0 saturated heterocycles. The van der Waals surface area contributed by atoms with E-state index in [0.717, 1.165) is 25.9 Å². The van der Waals surface area contributed by atoms with Crippen LogP contribution in [0.4, 0.5) is 0 Å². The lowest BCUT2D eigenvalue weighted by Crippen LogP contribution is -2.30. The predicted octanol–water partition coefficient (Wildman–Crippen LogP) is 1.81. The predicted molar refractivity (Wildman–Crippen MR) is 63.1 cm³/mol. The fourth-order valence-electron chi connectivity index (χ4n) is 1.65. The van der Waals surface area contributed by atoms with Crippen molar-refractivity contribution in [1.82, 2.24) is 4.90 Å². The van der Waals surface area contributed by atoms with Crippen molar-refractivity contribution in [2.24, 2.45) is 4.99 Å². The number of amides is 1. The number of rotatable bonds is 1. The van der Waals surface area contributed by atoms with E-state index in [-0.39, 0.29) is 0 Å². The number of hydrogen-bond acceptors (Lipinski definition) is 2. The van der Waals surface area contributed by atoms with Crippen molar-refractivity contribution in [2.45, 2.75) is 20.3 Å². The lowest BCUT2D eigenvalue weighted by atomic mass is 10.0. The van der Waals surface area contributed by atoms with Gasteiger partial charge in [0.1, 0.15) is 0 Å². The molecule has 0 aromatic heterocycles. The summed E-state index contributed by atoms with van der Waals surface area (Å²) >= 11 is 0. The maximum Gasteiger partial charge on any atom is 0.210 e. The van der Waals surface area contributed by atoms with Gasteiger partial charge in [-0.15, -0.1) is 0 Å². The van der Waals surface area contributed by atoms with Gasteiger partial charge in [-0.2, -0.15) is 0 Å². The molecule has 0 fully saturated rings. The fourth-order valence-corrected chi connectivity index (χ4v) is 1.65. The maximum absolute atomic E-state index is 10.6. The minimum absolute atomic E-state index is 0.715. The van der Waals surface area contributed by atoms with E-state index in [0.29, 0.717) is 6.54 Å². The number of aliphatic imine (C=N–C) groups is 1. The number of carbonyl (C=O) groups excluding carboxylic acids is 1. The van der Waals surface area contributed by atoms with Gasteiger partial charge in [0.2, 0.25) is 6.41 Å². The van der Waals surface area contributed by atoms with E-state index in [1.165, 1.54) is 11.1 Å². The molecule has 82 valence electrons. The lowest BCUT2D eigenvalue weighted by molar-refractivity contribution is -0.117. The van der Waals surface area contributed by atoms with Crippen molar-refractivity contribution in [2.75, 3.05) is 19.6 Å². The highest BCUT2D eigenvalue weighted by molar-refractivity contribution is 5.82. The Kier molecular flexibility index (Phi) is 4.81. The molecule has 15 heavy (non-hydrogen) atoms. The first kappa shape index (κ1) is 11.7. The van der Waals surface area contributed by atoms with Crippen LogP contribution >= 0.6 is 0 Å². The summed E-state index contributed by atoms with van der Waals surface area (Å²) in [6.45, 7) is 6.31. The van der Waals surface area contributed by atoms with Gasteiger partial charge >= 0.3 is 0 Å². The summed E-state index contributed by atoms with van der Waals surface area (Å²) in [5, 5.41) is 0. The molecule has 0 unspecified atom stereocenters. The number of hydrogen-bond donors (Lipinski definition) is 0. The second-order valence-corrected chi connectivity index (χ2v) is 3.27. The van der Waals surface area contributed by atoms with Crippen LogP contribution in [0.15, 0.2) is 28.3 Å². The third-order valence-corrected chi connectivity index (χ3v) is 2.38. The highest BCUT2D eigenvalue weighted by Gasteiger charge is 2.15. The summed E-state index contributed by atoms with van der Waals surface area (Å²) in [4.78, 5) is 16.6. The van der Waals surface area contributed by atoms with Crippen LogP contribution in [-0.4, -0.2) is 37.2 Å². The molecule has 2 aliphatic rings. The van der Waals surface area contributed by atoms with E-state index in [1.54, 1.807) is 4.90 Å². The molecular weight excluding hydrogens is 188 g/mol. The van der Waals surface area contributed by atoms with Gasteiger partial charge in [0, 0.05) is 19.3 Å². The zero-order valence-electron chi connectivity index (χ0n) is 9.44. The summed E-state index contributed by atoms with van der Waals surface area (Å²) in [6.07, 6.45) is 7.95. The number of allylic oxidation sites excluding steroid dienone is 1. The zero-order valence-corrected chi connectivity index (χ0v) is 9.44. The Morgan fingerprint density at radius 3 is 2.93 bits per heavy atom. The first-order chi connectivity index (χ1) is 7.40. The lowest BCUT2D eigenvalue weighted by Gasteiger charge is -2.24. The zero-order chi connectivity index (χ0) is 11.1. The van der Waals surface area contributed by atoms with Crippen LogP contribution in [-0.2, 0) is 4.79 Å². The fraction of sp³-hybridized carbons (Fsp3) is 0.500. The second kappa shape index (κ2) is 6.17. The molecule has 0 radical (unpaired) electrons. The average molecular weight is 206 g/mol. The van der Waals surface area contributed by atoms with Crippen LogP contribution in [0.3, 0.4) is 0 Å². The van der Waals surface area contributed by atoms with Gasteiger partial charge in [-0.05, 0) is 17.6 Å². The van der Waals surface area contributed by atoms with Crippen molar-refractivity contribution in [3.05, 3.63) is 23.3 Å². The topological polar surface area (TPSA) is 32.7 Å². The largest absolute Gasteiger partial charge is 0.341 e. The highest BCUT2D eigenvalue weighted by Crippen LogP contribution is 2.18. The molecule has 2 heterocycles. The van der Waals surface area contributed by atoms with Crippen LogP contribution in [0.1, 0.15) is 20.3 Å². The Labute approximate surface area is 91.2 Å². The highest BCUT2D eigenvalue weighted by atomic mass is 16.1. The monoisotopic (exact) mass is 206 g/mol. The molecule has 2 aliphatic heterocycles. The SMILES string of the molecule is CC.O=CN1CCC2=C(C=NCC=C2)C1. The third kappa shape index (κ3) is 3.05. The van der Waals surface area contributed by atoms with Gasteiger partial charge in [0.05, 0.1) is 6.54 Å². The summed E-state index contributed by atoms with van der Waals surface area (Å²) < 4.78 is 0. The second-order valence-electron chi connectivity index (χ2n) is 3.27. The third-order valence-electron chi connectivity index (χ3n) is 2.38. The van der Waals surface area contributed by atoms with Gasteiger partial charge in [0.25, 0.3) is 0 Å². The van der Waals surface area contributed by atoms with Crippen molar-refractivity contribution < 1.29 is 4.79 Å². The smallest absolute Gasteiger partial charge is 0.210 e. The molecule has 3 nitrogen and oxygen atoms in total. The molecule has 2 rings (SSSR count). The van der Waals surface area contributed by atoms with E-state index in [4.69, 9.17) is 0 Å². The molecule has 3 heteroatoms. The Morgan fingerprint density at radius 1 is 1.40 bits per heavy atom. The molecule has 0 aromatic carbocycles. The Hall–Kier alpha value is -1.38. The molecule has 0 N–H and O–H groups in total. The van der Waals surface area contributed by atoms with Gasteiger partial charge in [-0.25, -0.2) is 0 Å². The minimum Gasteiger partial charge on any atom is -0.341 e. The first-order valence-corrected chi connectivity index (χ1v) is 5.48. The number of carbonyl (C=O) groups is 1. The maximum atomic E-state index is 10.6. The molecule has 0 atom stereocenters. The van der Waals surface area contributed by atoms with Crippen LogP contribution in [0.2, 0.25) is 0 Å². The van der Waals surface area contributed by atoms with Crippen LogP contribution in [0, 0.1) is 0 Å². The molecule has 0 aliphatic carbocycles. The van der Waals surface area contributed by atoms with Crippen LogP contribution in [0.5, 0.6) is 0 Å². The van der Waals surface area contributed by atoms with E-state index in [1.807, 2.05) is 20.1 Å². The van der Waals surface area contributed by atoms with E-state index in [9.17, 15) is 4.79 Å². The Balaban J connectivity index is 0.000000531. The molecular formula is C12H18N2O. The average Bonchev–Trinajstić information content (AvgIpc) is 2.55.